The molecule has 0 aliphatic carbocycles. The molecule has 0 spiro atoms. The first-order valence-corrected chi connectivity index (χ1v) is 11.9. The molecule has 1 aromatic heterocycles. The highest BCUT2D eigenvalue weighted by Crippen LogP contribution is 2.35. The van der Waals surface area contributed by atoms with E-state index in [0.717, 1.165) is 12.1 Å². The Morgan fingerprint density at radius 3 is 2.73 bits per heavy atom. The first-order valence-electron chi connectivity index (χ1n) is 10.1. The van der Waals surface area contributed by atoms with E-state index < -0.39 is 33.2 Å². The number of nitrogens with two attached hydrogens (primary N) is 1. The van der Waals surface area contributed by atoms with Crippen molar-refractivity contribution in [1.82, 2.24) is 19.6 Å². The van der Waals surface area contributed by atoms with Gasteiger partial charge in [-0.25, -0.2) is 18.4 Å². The minimum absolute atomic E-state index is 0.0145. The van der Waals surface area contributed by atoms with Crippen LogP contribution in [0, 0.1) is 0 Å². The maximum absolute atomic E-state index is 13.2. The van der Waals surface area contributed by atoms with Crippen molar-refractivity contribution in [2.24, 2.45) is 0 Å². The first kappa shape index (κ1) is 24.0. The number of nitrogens with zero attached hydrogens (tertiary/aromatic N) is 3. The molecule has 9 nitrogen and oxygen atoms in total. The van der Waals surface area contributed by atoms with Crippen LogP contribution in [0.25, 0.3) is 0 Å². The Labute approximate surface area is 193 Å². The Balaban J connectivity index is 1.59. The molecule has 1 fully saturated rings. The molecule has 0 amide bonds. The van der Waals surface area contributed by atoms with Crippen LogP contribution in [-0.4, -0.2) is 47.8 Å². The number of ether oxygens (including phenoxy) is 1. The van der Waals surface area contributed by atoms with Gasteiger partial charge in [-0.05, 0) is 42.3 Å². The predicted octanol–water partition coefficient (Wildman–Crippen LogP) is 2.50. The molecule has 2 aliphatic rings. The van der Waals surface area contributed by atoms with Crippen molar-refractivity contribution in [3.8, 4) is 0 Å². The van der Waals surface area contributed by atoms with E-state index in [1.54, 1.807) is 6.92 Å². The van der Waals surface area contributed by atoms with E-state index in [9.17, 15) is 21.6 Å². The summed E-state index contributed by atoms with van der Waals surface area (Å²) >= 11 is 6.05. The normalized spacial score (nSPS) is 20.5. The summed E-state index contributed by atoms with van der Waals surface area (Å²) in [5, 5.41) is 5.91. The van der Waals surface area contributed by atoms with E-state index in [2.05, 4.69) is 20.6 Å². The van der Waals surface area contributed by atoms with E-state index in [0.29, 0.717) is 17.8 Å². The molecule has 1 aromatic carbocycles. The highest BCUT2D eigenvalue weighted by atomic mass is 35.5. The van der Waals surface area contributed by atoms with Crippen LogP contribution in [0.5, 0.6) is 0 Å². The van der Waals surface area contributed by atoms with Crippen molar-refractivity contribution >= 4 is 33.1 Å². The second-order valence-electron chi connectivity index (χ2n) is 7.84. The van der Waals surface area contributed by atoms with Crippen LogP contribution in [0.1, 0.15) is 35.3 Å². The largest absolute Gasteiger partial charge is 0.416 e. The number of benzene rings is 1. The Bertz CT molecular complexity index is 1160. The molecule has 4 rings (SSSR count). The summed E-state index contributed by atoms with van der Waals surface area (Å²) in [7, 11) is -3.80. The van der Waals surface area contributed by atoms with Crippen LogP contribution in [0.15, 0.2) is 18.2 Å². The predicted molar refractivity (Wildman–Crippen MR) is 116 cm³/mol. The zero-order valence-corrected chi connectivity index (χ0v) is 19.1. The Kier molecular flexibility index (Phi) is 6.44. The van der Waals surface area contributed by atoms with E-state index >= 15 is 0 Å². The monoisotopic (exact) mass is 506 g/mol. The Morgan fingerprint density at radius 1 is 1.30 bits per heavy atom. The standard InChI is InChI=1S/C19H22ClF3N6O3S/c1-10(11-4-12(19(21,22)23)6-13(24)5-11)26-17-14-8-29(9-15(14)27-18(20)28-17)33(30,31)16-7-25-2-3-32-16/h4-6,10,16,25H,2-3,7-9,24H2,1H3,(H,26,27,28). The fourth-order valence-corrected chi connectivity index (χ4v) is 5.50. The highest BCUT2D eigenvalue weighted by Gasteiger charge is 2.39. The molecule has 2 aromatic rings. The fourth-order valence-electron chi connectivity index (χ4n) is 3.77. The summed E-state index contributed by atoms with van der Waals surface area (Å²) in [5.74, 6) is 0.244. The molecule has 1 saturated heterocycles. The lowest BCUT2D eigenvalue weighted by molar-refractivity contribution is -0.137. The number of rotatable bonds is 5. The van der Waals surface area contributed by atoms with Crippen molar-refractivity contribution < 1.29 is 26.3 Å². The van der Waals surface area contributed by atoms with Crippen LogP contribution in [0.4, 0.5) is 24.7 Å². The van der Waals surface area contributed by atoms with Crippen molar-refractivity contribution in [3.63, 3.8) is 0 Å². The zero-order chi connectivity index (χ0) is 24.0. The average Bonchev–Trinajstić information content (AvgIpc) is 3.18. The van der Waals surface area contributed by atoms with Gasteiger partial charge >= 0.3 is 6.18 Å². The summed E-state index contributed by atoms with van der Waals surface area (Å²) in [6.45, 7) is 2.62. The second kappa shape index (κ2) is 8.87. The summed E-state index contributed by atoms with van der Waals surface area (Å²) in [6.07, 6.45) is -4.55. The van der Waals surface area contributed by atoms with Crippen molar-refractivity contribution in [2.75, 3.05) is 30.7 Å². The van der Waals surface area contributed by atoms with Crippen LogP contribution < -0.4 is 16.4 Å². The van der Waals surface area contributed by atoms with Gasteiger partial charge in [0.1, 0.15) is 5.82 Å². The lowest BCUT2D eigenvalue weighted by Gasteiger charge is -2.27. The third kappa shape index (κ3) is 5.01. The average molecular weight is 507 g/mol. The third-order valence-corrected chi connectivity index (χ3v) is 7.58. The minimum Gasteiger partial charge on any atom is -0.399 e. The number of sulfonamides is 1. The number of hydrogen-bond acceptors (Lipinski definition) is 8. The summed E-state index contributed by atoms with van der Waals surface area (Å²) in [4.78, 5) is 8.30. The van der Waals surface area contributed by atoms with Gasteiger partial charge in [-0.1, -0.05) is 0 Å². The number of nitrogens with one attached hydrogen (secondary N) is 2. The molecule has 33 heavy (non-hydrogen) atoms. The second-order valence-corrected chi connectivity index (χ2v) is 10.2. The van der Waals surface area contributed by atoms with Gasteiger partial charge in [0.05, 0.1) is 30.5 Å². The highest BCUT2D eigenvalue weighted by molar-refractivity contribution is 7.89. The SMILES string of the molecule is CC(Nc1nc(Cl)nc2c1CN(S(=O)(=O)C1CNCCO1)C2)c1cc(N)cc(C(F)(F)F)c1. The van der Waals surface area contributed by atoms with Crippen LogP contribution >= 0.6 is 11.6 Å². The van der Waals surface area contributed by atoms with Crippen LogP contribution in [0.2, 0.25) is 5.28 Å². The van der Waals surface area contributed by atoms with Gasteiger partial charge in [-0.15, -0.1) is 0 Å². The third-order valence-electron chi connectivity index (χ3n) is 5.47. The van der Waals surface area contributed by atoms with Crippen LogP contribution in [0.3, 0.4) is 0 Å². The maximum atomic E-state index is 13.2. The molecular weight excluding hydrogens is 485 g/mol. The summed E-state index contributed by atoms with van der Waals surface area (Å²) < 4.78 is 72.2. The molecule has 2 unspecified atom stereocenters. The molecule has 14 heteroatoms. The fraction of sp³-hybridized carbons (Fsp3) is 0.474. The van der Waals surface area contributed by atoms with Gasteiger partial charge in [0.25, 0.3) is 0 Å². The summed E-state index contributed by atoms with van der Waals surface area (Å²) in [5.41, 5.74) is 4.96. The first-order chi connectivity index (χ1) is 15.4. The van der Waals surface area contributed by atoms with Gasteiger partial charge in [0.2, 0.25) is 15.3 Å². The van der Waals surface area contributed by atoms with E-state index in [1.807, 2.05) is 0 Å². The number of halogens is 4. The molecule has 2 aliphatic heterocycles. The number of aromatic nitrogens is 2. The molecule has 4 N–H and O–H groups in total. The smallest absolute Gasteiger partial charge is 0.399 e. The molecular formula is C19H22ClF3N6O3S. The molecule has 0 radical (unpaired) electrons. The van der Waals surface area contributed by atoms with Gasteiger partial charge in [-0.2, -0.15) is 17.5 Å². The van der Waals surface area contributed by atoms with Gasteiger partial charge < -0.3 is 21.1 Å². The quantitative estimate of drug-likeness (QED) is 0.417. The number of alkyl halides is 3. The topological polar surface area (TPSA) is 122 Å². The van der Waals surface area contributed by atoms with Crippen LogP contribution in [-0.2, 0) is 34.0 Å². The number of hydrogen-bond donors (Lipinski definition) is 3. The minimum atomic E-state index is -4.55. The Hall–Kier alpha value is -2.19. The number of morpholine rings is 1. The molecule has 0 bridgehead atoms. The number of anilines is 2. The van der Waals surface area contributed by atoms with Crippen molar-refractivity contribution in [1.29, 1.82) is 0 Å². The zero-order valence-electron chi connectivity index (χ0n) is 17.5. The lowest BCUT2D eigenvalue weighted by Crippen LogP contribution is -2.47. The van der Waals surface area contributed by atoms with Crippen molar-refractivity contribution in [2.45, 2.75) is 37.7 Å². The molecule has 2 atom stereocenters. The number of nitrogen functional groups attached to an aromatic ring is 1. The van der Waals surface area contributed by atoms with Gasteiger partial charge in [0.15, 0.2) is 5.44 Å². The molecule has 0 saturated carbocycles. The van der Waals surface area contributed by atoms with E-state index in [1.165, 1.54) is 10.4 Å². The summed E-state index contributed by atoms with van der Waals surface area (Å²) in [6, 6.07) is 2.66. The van der Waals surface area contributed by atoms with E-state index in [-0.39, 0.29) is 48.6 Å². The van der Waals surface area contributed by atoms with Gasteiger partial charge in [-0.3, -0.25) is 0 Å². The maximum Gasteiger partial charge on any atom is 0.416 e. The van der Waals surface area contributed by atoms with Crippen molar-refractivity contribution in [3.05, 3.63) is 45.9 Å². The number of fused-ring (bicyclic) bond motifs is 1. The Morgan fingerprint density at radius 2 is 2.06 bits per heavy atom. The molecule has 3 heterocycles. The van der Waals surface area contributed by atoms with Gasteiger partial charge in [0, 0.05) is 30.9 Å². The lowest BCUT2D eigenvalue weighted by atomic mass is 10.0. The molecule has 180 valence electrons. The van der Waals surface area contributed by atoms with E-state index in [4.69, 9.17) is 22.1 Å².